The molecule has 2 N–H and O–H groups in total. The zero-order valence-corrected chi connectivity index (χ0v) is 14.8. The van der Waals surface area contributed by atoms with Crippen LogP contribution >= 0.6 is 0 Å². The summed E-state index contributed by atoms with van der Waals surface area (Å²) in [5.41, 5.74) is 0.498. The molecule has 5 rings (SSSR count). The minimum Gasteiger partial charge on any atom is -0.492 e. The van der Waals surface area contributed by atoms with Crippen LogP contribution in [-0.4, -0.2) is 40.6 Å². The molecule has 0 amide bonds. The number of aromatic hydroxyl groups is 1. The largest absolute Gasteiger partial charge is 0.492 e. The van der Waals surface area contributed by atoms with Crippen molar-refractivity contribution in [3.05, 3.63) is 42.6 Å². The quantitative estimate of drug-likeness (QED) is 0.543. The lowest BCUT2D eigenvalue weighted by Crippen LogP contribution is -2.38. The van der Waals surface area contributed by atoms with E-state index < -0.39 is 23.9 Å². The van der Waals surface area contributed by atoms with Gasteiger partial charge < -0.3 is 15.0 Å². The van der Waals surface area contributed by atoms with E-state index in [2.05, 4.69) is 30.2 Å². The molecule has 0 spiro atoms. The molecule has 1 aliphatic carbocycles. The van der Waals surface area contributed by atoms with Crippen LogP contribution in [0.2, 0.25) is 0 Å². The Labute approximate surface area is 161 Å². The Balaban J connectivity index is 1.40. The Morgan fingerprint density at radius 3 is 2.66 bits per heavy atom. The van der Waals surface area contributed by atoms with Gasteiger partial charge in [-0.2, -0.15) is 18.2 Å². The van der Waals surface area contributed by atoms with Gasteiger partial charge in [-0.05, 0) is 18.9 Å². The minimum atomic E-state index is -4.67. The summed E-state index contributed by atoms with van der Waals surface area (Å²) in [6.07, 6.45) is -1.13. The number of para-hydroxylation sites is 1. The SMILES string of the molecule is Oc1ncnc2c1nc(C(F)(F)F)n2[C@H]1C[C@H](Nc2ncc3ccccc3n2)C1. The van der Waals surface area contributed by atoms with Gasteiger partial charge in [0.2, 0.25) is 17.7 Å². The van der Waals surface area contributed by atoms with Crippen LogP contribution < -0.4 is 5.32 Å². The van der Waals surface area contributed by atoms with Crippen molar-refractivity contribution in [3.63, 3.8) is 0 Å². The van der Waals surface area contributed by atoms with E-state index in [0.717, 1.165) is 21.8 Å². The van der Waals surface area contributed by atoms with Crippen molar-refractivity contribution in [2.24, 2.45) is 0 Å². The number of rotatable bonds is 3. The number of nitrogens with one attached hydrogen (secondary N) is 1. The van der Waals surface area contributed by atoms with Crippen molar-refractivity contribution in [1.29, 1.82) is 0 Å². The molecule has 1 aromatic carbocycles. The van der Waals surface area contributed by atoms with E-state index >= 15 is 0 Å². The van der Waals surface area contributed by atoms with Gasteiger partial charge in [-0.15, -0.1) is 0 Å². The molecule has 3 heterocycles. The van der Waals surface area contributed by atoms with E-state index in [0.29, 0.717) is 18.8 Å². The van der Waals surface area contributed by atoms with Crippen LogP contribution in [0.25, 0.3) is 22.1 Å². The number of anilines is 1. The number of hydrogen-bond donors (Lipinski definition) is 2. The van der Waals surface area contributed by atoms with E-state index in [4.69, 9.17) is 0 Å². The molecule has 4 aromatic rings. The number of aromatic nitrogens is 6. The fourth-order valence-electron chi connectivity index (χ4n) is 3.58. The lowest BCUT2D eigenvalue weighted by molar-refractivity contribution is -0.148. The maximum absolute atomic E-state index is 13.5. The summed E-state index contributed by atoms with van der Waals surface area (Å²) < 4.78 is 41.5. The first kappa shape index (κ1) is 17.6. The van der Waals surface area contributed by atoms with Gasteiger partial charge in [0.1, 0.15) is 6.33 Å². The molecule has 0 bridgehead atoms. The smallest absolute Gasteiger partial charge is 0.449 e. The third-order valence-electron chi connectivity index (χ3n) is 5.01. The second kappa shape index (κ2) is 6.26. The molecule has 11 heteroatoms. The second-order valence-corrected chi connectivity index (χ2v) is 6.89. The number of alkyl halides is 3. The molecular weight excluding hydrogens is 387 g/mol. The topological polar surface area (TPSA) is 102 Å². The summed E-state index contributed by atoms with van der Waals surface area (Å²) >= 11 is 0. The summed E-state index contributed by atoms with van der Waals surface area (Å²) in [5, 5.41) is 13.8. The van der Waals surface area contributed by atoms with Gasteiger partial charge in [0.15, 0.2) is 11.2 Å². The predicted molar refractivity (Wildman–Crippen MR) is 97.2 cm³/mol. The standard InChI is InChI=1S/C18H14F3N7O/c19-18(20,21)16-27-13-14(23-8-24-15(13)29)28(16)11-5-10(6-11)25-17-22-7-9-3-1-2-4-12(9)26-17/h1-4,7-8,10-11H,5-6H2,(H,22,25,26)(H,23,24,29)/t10-,11-. The molecular formula is C18H14F3N7O. The van der Waals surface area contributed by atoms with Crippen molar-refractivity contribution in [2.45, 2.75) is 31.1 Å². The Morgan fingerprint density at radius 1 is 1.07 bits per heavy atom. The molecule has 1 aliphatic rings. The first-order valence-electron chi connectivity index (χ1n) is 8.87. The maximum Gasteiger partial charge on any atom is 0.449 e. The molecule has 29 heavy (non-hydrogen) atoms. The molecule has 0 saturated heterocycles. The van der Waals surface area contributed by atoms with Gasteiger partial charge in [0.05, 0.1) is 5.52 Å². The number of hydrogen-bond acceptors (Lipinski definition) is 7. The van der Waals surface area contributed by atoms with E-state index in [9.17, 15) is 18.3 Å². The fourth-order valence-corrected chi connectivity index (χ4v) is 3.58. The van der Waals surface area contributed by atoms with Crippen molar-refractivity contribution in [2.75, 3.05) is 5.32 Å². The third-order valence-corrected chi connectivity index (χ3v) is 5.01. The monoisotopic (exact) mass is 401 g/mol. The van der Waals surface area contributed by atoms with Crippen molar-refractivity contribution in [3.8, 4) is 5.88 Å². The van der Waals surface area contributed by atoms with E-state index in [-0.39, 0.29) is 17.2 Å². The Kier molecular flexibility index (Phi) is 3.80. The summed E-state index contributed by atoms with van der Waals surface area (Å²) in [7, 11) is 0. The molecule has 0 atom stereocenters. The lowest BCUT2D eigenvalue weighted by atomic mass is 9.86. The minimum absolute atomic E-state index is 0.0322. The van der Waals surface area contributed by atoms with Crippen LogP contribution in [-0.2, 0) is 6.18 Å². The molecule has 0 radical (unpaired) electrons. The van der Waals surface area contributed by atoms with Gasteiger partial charge >= 0.3 is 6.18 Å². The molecule has 0 aliphatic heterocycles. The highest BCUT2D eigenvalue weighted by atomic mass is 19.4. The average molecular weight is 401 g/mol. The molecule has 3 aromatic heterocycles. The number of nitrogens with zero attached hydrogens (tertiary/aromatic N) is 6. The average Bonchev–Trinajstić information content (AvgIpc) is 3.05. The summed E-state index contributed by atoms with van der Waals surface area (Å²) in [4.78, 5) is 19.7. The van der Waals surface area contributed by atoms with Gasteiger partial charge in [0.25, 0.3) is 0 Å². The number of halogens is 3. The van der Waals surface area contributed by atoms with E-state index in [1.807, 2.05) is 24.3 Å². The van der Waals surface area contributed by atoms with Crippen LogP contribution in [0.1, 0.15) is 24.7 Å². The van der Waals surface area contributed by atoms with E-state index in [1.165, 1.54) is 0 Å². The normalized spacial score (nSPS) is 19.4. The Bertz CT molecular complexity index is 1220. The summed E-state index contributed by atoms with van der Waals surface area (Å²) in [5.74, 6) is -1.23. The molecule has 0 unspecified atom stereocenters. The highest BCUT2D eigenvalue weighted by Gasteiger charge is 2.43. The van der Waals surface area contributed by atoms with Gasteiger partial charge in [-0.1, -0.05) is 18.2 Å². The van der Waals surface area contributed by atoms with Crippen molar-refractivity contribution in [1.82, 2.24) is 29.5 Å². The van der Waals surface area contributed by atoms with Crippen LogP contribution in [0.5, 0.6) is 5.88 Å². The summed E-state index contributed by atoms with van der Waals surface area (Å²) in [6.45, 7) is 0. The number of fused-ring (bicyclic) bond motifs is 2. The van der Waals surface area contributed by atoms with Crippen LogP contribution in [0.4, 0.5) is 19.1 Å². The first-order valence-corrected chi connectivity index (χ1v) is 8.87. The van der Waals surface area contributed by atoms with Crippen molar-refractivity contribution >= 4 is 28.0 Å². The molecule has 148 valence electrons. The Morgan fingerprint density at radius 2 is 1.86 bits per heavy atom. The maximum atomic E-state index is 13.5. The Hall–Kier alpha value is -3.50. The van der Waals surface area contributed by atoms with Crippen LogP contribution in [0.15, 0.2) is 36.8 Å². The van der Waals surface area contributed by atoms with Gasteiger partial charge in [0, 0.05) is 23.7 Å². The zero-order valence-electron chi connectivity index (χ0n) is 14.8. The van der Waals surface area contributed by atoms with Crippen LogP contribution in [0, 0.1) is 0 Å². The van der Waals surface area contributed by atoms with Gasteiger partial charge in [-0.25, -0.2) is 19.9 Å². The molecule has 8 nitrogen and oxygen atoms in total. The first-order chi connectivity index (χ1) is 13.9. The molecule has 1 fully saturated rings. The number of benzene rings is 1. The zero-order chi connectivity index (χ0) is 20.2. The highest BCUT2D eigenvalue weighted by Crippen LogP contribution is 2.41. The lowest BCUT2D eigenvalue weighted by Gasteiger charge is -2.37. The van der Waals surface area contributed by atoms with Crippen molar-refractivity contribution < 1.29 is 18.3 Å². The van der Waals surface area contributed by atoms with E-state index in [1.54, 1.807) is 6.20 Å². The third kappa shape index (κ3) is 2.98. The van der Waals surface area contributed by atoms with Gasteiger partial charge in [-0.3, -0.25) is 0 Å². The predicted octanol–water partition coefficient (Wildman–Crippen LogP) is 3.31. The number of imidazole rings is 1. The van der Waals surface area contributed by atoms with Crippen LogP contribution in [0.3, 0.4) is 0 Å². The highest BCUT2D eigenvalue weighted by molar-refractivity contribution is 5.78. The molecule has 1 saturated carbocycles. The summed E-state index contributed by atoms with van der Waals surface area (Å²) in [6, 6.07) is 6.98. The second-order valence-electron chi connectivity index (χ2n) is 6.89. The fraction of sp³-hybridized carbons (Fsp3) is 0.278.